The molecule has 0 heterocycles. The third-order valence-corrected chi connectivity index (χ3v) is 5.17. The summed E-state index contributed by atoms with van der Waals surface area (Å²) in [6.45, 7) is 0.964. The quantitative estimate of drug-likeness (QED) is 0.220. The maximum Gasteiger partial charge on any atom is 0.345 e. The Bertz CT molecular complexity index is 917. The lowest BCUT2D eigenvalue weighted by atomic mass is 10.2. The normalized spacial score (nSPS) is 12.2. The van der Waals surface area contributed by atoms with Crippen molar-refractivity contribution in [2.24, 2.45) is 11.5 Å². The first-order chi connectivity index (χ1) is 13.8. The smallest absolute Gasteiger partial charge is 0.345 e. The summed E-state index contributed by atoms with van der Waals surface area (Å²) >= 11 is 0. The highest BCUT2D eigenvalue weighted by molar-refractivity contribution is 7.89. The fourth-order valence-electron chi connectivity index (χ4n) is 2.25. The molecule has 2 aromatic rings. The molecular formula is C19H23N3O6S. The van der Waals surface area contributed by atoms with Gasteiger partial charge in [0.2, 0.25) is 10.0 Å². The van der Waals surface area contributed by atoms with Crippen LogP contribution in [0.3, 0.4) is 0 Å². The fourth-order valence-corrected chi connectivity index (χ4v) is 3.39. The van der Waals surface area contributed by atoms with Gasteiger partial charge in [0.05, 0.1) is 29.7 Å². The van der Waals surface area contributed by atoms with Gasteiger partial charge in [0.1, 0.15) is 5.75 Å². The maximum atomic E-state index is 12.2. The Balaban J connectivity index is 1.85. The zero-order valence-corrected chi connectivity index (χ0v) is 16.4. The van der Waals surface area contributed by atoms with Crippen molar-refractivity contribution in [1.82, 2.24) is 4.72 Å². The Labute approximate surface area is 169 Å². The minimum Gasteiger partial charge on any atom is -0.494 e. The standard InChI is InChI=1S/C19H23N3O6S/c20-11-4-12-27-15-9-7-14(8-10-15)19(24)28-18(23)13-17(21)22-29(25,26)16-5-2-1-3-6-16/h1-3,5-10,17,22H,4,11-13,20-21H2/t17-/m0/s1. The van der Waals surface area contributed by atoms with Crippen LogP contribution in [0.1, 0.15) is 23.2 Å². The molecule has 0 amide bonds. The van der Waals surface area contributed by atoms with Crippen molar-refractivity contribution in [1.29, 1.82) is 0 Å². The van der Waals surface area contributed by atoms with Crippen molar-refractivity contribution >= 4 is 22.0 Å². The average molecular weight is 421 g/mol. The van der Waals surface area contributed by atoms with Crippen LogP contribution in [0.5, 0.6) is 5.75 Å². The number of hydrogen-bond donors (Lipinski definition) is 3. The van der Waals surface area contributed by atoms with Gasteiger partial charge in [-0.1, -0.05) is 18.2 Å². The number of benzene rings is 2. The lowest BCUT2D eigenvalue weighted by Crippen LogP contribution is -2.43. The number of nitrogens with two attached hydrogens (primary N) is 2. The predicted molar refractivity (Wildman–Crippen MR) is 105 cm³/mol. The van der Waals surface area contributed by atoms with Gasteiger partial charge < -0.3 is 20.9 Å². The fraction of sp³-hybridized carbons (Fsp3) is 0.263. The van der Waals surface area contributed by atoms with Crippen molar-refractivity contribution in [2.75, 3.05) is 13.2 Å². The molecule has 0 aromatic heterocycles. The van der Waals surface area contributed by atoms with Crippen molar-refractivity contribution in [3.8, 4) is 5.75 Å². The molecule has 2 rings (SSSR count). The van der Waals surface area contributed by atoms with Crippen LogP contribution in [0.4, 0.5) is 0 Å². The van der Waals surface area contributed by atoms with Gasteiger partial charge in [0, 0.05) is 0 Å². The highest BCUT2D eigenvalue weighted by atomic mass is 32.2. The van der Waals surface area contributed by atoms with Crippen LogP contribution in [0, 0.1) is 0 Å². The molecule has 0 fully saturated rings. The second-order valence-electron chi connectivity index (χ2n) is 6.02. The second-order valence-corrected chi connectivity index (χ2v) is 7.74. The molecule has 0 radical (unpaired) electrons. The summed E-state index contributed by atoms with van der Waals surface area (Å²) in [6, 6.07) is 13.6. The summed E-state index contributed by atoms with van der Waals surface area (Å²) in [5.41, 5.74) is 11.2. The number of nitrogens with one attached hydrogen (secondary N) is 1. The Hall–Kier alpha value is -2.79. The van der Waals surface area contributed by atoms with Crippen molar-refractivity contribution in [2.45, 2.75) is 23.9 Å². The largest absolute Gasteiger partial charge is 0.494 e. The minimum atomic E-state index is -3.89. The summed E-state index contributed by atoms with van der Waals surface area (Å²) in [7, 11) is -3.89. The van der Waals surface area contributed by atoms with Crippen LogP contribution in [0.25, 0.3) is 0 Å². The second kappa shape index (κ2) is 10.7. The van der Waals surface area contributed by atoms with E-state index in [0.29, 0.717) is 25.3 Å². The van der Waals surface area contributed by atoms with Gasteiger partial charge >= 0.3 is 11.9 Å². The van der Waals surface area contributed by atoms with Gasteiger partial charge in [0.15, 0.2) is 0 Å². The molecule has 10 heteroatoms. The van der Waals surface area contributed by atoms with E-state index in [-0.39, 0.29) is 10.5 Å². The molecule has 2 aromatic carbocycles. The van der Waals surface area contributed by atoms with Gasteiger partial charge in [0.25, 0.3) is 0 Å². The molecule has 0 saturated carbocycles. The summed E-state index contributed by atoms with van der Waals surface area (Å²) in [5, 5.41) is 0. The van der Waals surface area contributed by atoms with Crippen LogP contribution < -0.4 is 20.9 Å². The number of sulfonamides is 1. The summed E-state index contributed by atoms with van der Waals surface area (Å²) in [5.74, 6) is -1.28. The monoisotopic (exact) mass is 421 g/mol. The Morgan fingerprint density at radius 1 is 1.03 bits per heavy atom. The van der Waals surface area contributed by atoms with E-state index >= 15 is 0 Å². The van der Waals surface area contributed by atoms with Crippen molar-refractivity contribution in [3.05, 3.63) is 60.2 Å². The highest BCUT2D eigenvalue weighted by Gasteiger charge is 2.21. The third kappa shape index (κ3) is 7.27. The zero-order chi connectivity index (χ0) is 21.3. The molecule has 156 valence electrons. The van der Waals surface area contributed by atoms with Gasteiger partial charge in [-0.15, -0.1) is 0 Å². The lowest BCUT2D eigenvalue weighted by Gasteiger charge is -2.13. The molecule has 5 N–H and O–H groups in total. The summed E-state index contributed by atoms with van der Waals surface area (Å²) in [4.78, 5) is 23.9. The first-order valence-electron chi connectivity index (χ1n) is 8.82. The van der Waals surface area contributed by atoms with E-state index in [1.165, 1.54) is 24.3 Å². The Kier molecular flexibility index (Phi) is 8.28. The number of carbonyl (C=O) groups is 2. The van der Waals surface area contributed by atoms with Gasteiger partial charge in [-0.05, 0) is 49.4 Å². The Morgan fingerprint density at radius 3 is 2.31 bits per heavy atom. The molecule has 0 bridgehead atoms. The molecule has 0 saturated heterocycles. The summed E-state index contributed by atoms with van der Waals surface area (Å²) < 4.78 is 36.6. The highest BCUT2D eigenvalue weighted by Crippen LogP contribution is 2.14. The predicted octanol–water partition coefficient (Wildman–Crippen LogP) is 0.751. The van der Waals surface area contributed by atoms with Crippen molar-refractivity contribution in [3.63, 3.8) is 0 Å². The van der Waals surface area contributed by atoms with E-state index in [4.69, 9.17) is 20.9 Å². The number of esters is 2. The van der Waals surface area contributed by atoms with Crippen LogP contribution in [0.2, 0.25) is 0 Å². The SMILES string of the molecule is NCCCOc1ccc(C(=O)OC(=O)C[C@@H](N)NS(=O)(=O)c2ccccc2)cc1. The van der Waals surface area contributed by atoms with E-state index in [2.05, 4.69) is 4.72 Å². The van der Waals surface area contributed by atoms with E-state index in [1.807, 2.05) is 0 Å². The molecule has 0 spiro atoms. The molecule has 0 aliphatic rings. The molecule has 9 nitrogen and oxygen atoms in total. The summed E-state index contributed by atoms with van der Waals surface area (Å²) in [6.07, 6.45) is -1.07. The van der Waals surface area contributed by atoms with Crippen LogP contribution in [-0.2, 0) is 19.6 Å². The van der Waals surface area contributed by atoms with E-state index in [0.717, 1.165) is 0 Å². The average Bonchev–Trinajstić information content (AvgIpc) is 2.68. The number of carbonyl (C=O) groups excluding carboxylic acids is 2. The van der Waals surface area contributed by atoms with Crippen molar-refractivity contribution < 1.29 is 27.5 Å². The van der Waals surface area contributed by atoms with Crippen LogP contribution in [-0.4, -0.2) is 39.7 Å². The van der Waals surface area contributed by atoms with E-state index < -0.39 is 34.5 Å². The third-order valence-electron chi connectivity index (χ3n) is 3.66. The first-order valence-corrected chi connectivity index (χ1v) is 10.3. The van der Waals surface area contributed by atoms with Gasteiger partial charge in [-0.3, -0.25) is 4.79 Å². The zero-order valence-electron chi connectivity index (χ0n) is 15.6. The number of rotatable bonds is 10. The molecule has 0 aliphatic heterocycles. The molecular weight excluding hydrogens is 398 g/mol. The van der Waals surface area contributed by atoms with Gasteiger partial charge in [-0.25, -0.2) is 13.2 Å². The molecule has 0 unspecified atom stereocenters. The van der Waals surface area contributed by atoms with Crippen LogP contribution >= 0.6 is 0 Å². The maximum absolute atomic E-state index is 12.2. The minimum absolute atomic E-state index is 0.00802. The van der Waals surface area contributed by atoms with E-state index in [9.17, 15) is 18.0 Å². The van der Waals surface area contributed by atoms with Crippen LogP contribution in [0.15, 0.2) is 59.5 Å². The Morgan fingerprint density at radius 2 is 1.69 bits per heavy atom. The first kappa shape index (κ1) is 22.5. The molecule has 0 aliphatic carbocycles. The van der Waals surface area contributed by atoms with E-state index in [1.54, 1.807) is 30.3 Å². The number of ether oxygens (including phenoxy) is 2. The molecule has 29 heavy (non-hydrogen) atoms. The topological polar surface area (TPSA) is 151 Å². The molecule has 1 atom stereocenters. The van der Waals surface area contributed by atoms with Gasteiger partial charge in [-0.2, -0.15) is 4.72 Å². The lowest BCUT2D eigenvalue weighted by molar-refractivity contribution is -0.138. The number of hydrogen-bond acceptors (Lipinski definition) is 8.